The largest absolute Gasteiger partial charge is 0.383 e. The fraction of sp³-hybridized carbons (Fsp3) is 0. The first-order valence-electron chi connectivity index (χ1n) is 3.92. The first-order valence-corrected chi connectivity index (χ1v) is 3.92. The molecular formula is C10H8N2O. The normalized spacial score (nSPS) is 10.2. The Bertz CT molecular complexity index is 468. The molecule has 1 aliphatic carbocycles. The molecule has 3 heteroatoms. The molecule has 0 bridgehead atoms. The number of nitrogens with zero attached hydrogens (tertiary/aromatic N) is 1. The summed E-state index contributed by atoms with van der Waals surface area (Å²) in [4.78, 5) is 15.2. The van der Waals surface area contributed by atoms with Crippen LogP contribution in [0.15, 0.2) is 41.3 Å². The lowest BCUT2D eigenvalue weighted by atomic mass is 10.1. The number of nitrogen functional groups attached to an aromatic ring is 1. The van der Waals surface area contributed by atoms with Crippen LogP contribution in [0.1, 0.15) is 0 Å². The summed E-state index contributed by atoms with van der Waals surface area (Å²) in [5.41, 5.74) is 6.85. The Morgan fingerprint density at radius 1 is 1.08 bits per heavy atom. The number of aromatic nitrogens is 1. The Morgan fingerprint density at radius 3 is 2.54 bits per heavy atom. The van der Waals surface area contributed by atoms with Gasteiger partial charge in [-0.1, -0.05) is 30.3 Å². The Morgan fingerprint density at radius 2 is 1.77 bits per heavy atom. The molecule has 0 atom stereocenters. The van der Waals surface area contributed by atoms with Crippen molar-refractivity contribution in [3.05, 3.63) is 46.8 Å². The molecule has 0 radical (unpaired) electrons. The number of hydrogen-bond acceptors (Lipinski definition) is 3. The van der Waals surface area contributed by atoms with E-state index >= 15 is 0 Å². The Hall–Kier alpha value is -1.90. The zero-order chi connectivity index (χ0) is 9.26. The molecule has 64 valence electrons. The molecule has 0 fully saturated rings. The molecule has 3 nitrogen and oxygen atoms in total. The molecule has 0 spiro atoms. The second-order valence-corrected chi connectivity index (χ2v) is 2.75. The van der Waals surface area contributed by atoms with Gasteiger partial charge in [0.25, 0.3) is 0 Å². The molecule has 2 aliphatic rings. The third-order valence-electron chi connectivity index (χ3n) is 1.90. The number of fused-ring (bicyclic) bond motifs is 1. The Labute approximate surface area is 75.2 Å². The summed E-state index contributed by atoms with van der Waals surface area (Å²) in [6.45, 7) is 0. The lowest BCUT2D eigenvalue weighted by Gasteiger charge is -2.00. The first kappa shape index (κ1) is 7.73. The Balaban J connectivity index is 2.92. The van der Waals surface area contributed by atoms with Crippen molar-refractivity contribution in [2.45, 2.75) is 0 Å². The minimum absolute atomic E-state index is 0.0969. The van der Waals surface area contributed by atoms with Crippen LogP contribution in [0, 0.1) is 0 Å². The van der Waals surface area contributed by atoms with Crippen molar-refractivity contribution in [3.8, 4) is 11.1 Å². The summed E-state index contributed by atoms with van der Waals surface area (Å²) in [5, 5.41) is 0. The fourth-order valence-electron chi connectivity index (χ4n) is 1.25. The quantitative estimate of drug-likeness (QED) is 0.648. The van der Waals surface area contributed by atoms with Gasteiger partial charge < -0.3 is 5.73 Å². The molecule has 2 rings (SSSR count). The van der Waals surface area contributed by atoms with E-state index in [9.17, 15) is 4.79 Å². The topological polar surface area (TPSA) is 56.0 Å². The Kier molecular flexibility index (Phi) is 1.70. The lowest BCUT2D eigenvalue weighted by Crippen LogP contribution is -2.07. The lowest BCUT2D eigenvalue weighted by molar-refractivity contribution is 1.30. The first-order chi connectivity index (χ1) is 6.29. The molecule has 0 aromatic heterocycles. The van der Waals surface area contributed by atoms with E-state index in [1.807, 2.05) is 18.2 Å². The molecular weight excluding hydrogens is 164 g/mol. The molecule has 0 aromatic rings. The van der Waals surface area contributed by atoms with Gasteiger partial charge in [-0.25, -0.2) is 4.98 Å². The summed E-state index contributed by atoms with van der Waals surface area (Å²) in [7, 11) is 0. The maximum absolute atomic E-state index is 11.4. The summed E-state index contributed by atoms with van der Waals surface area (Å²) < 4.78 is 0. The van der Waals surface area contributed by atoms with E-state index < -0.39 is 0 Å². The molecule has 13 heavy (non-hydrogen) atoms. The minimum Gasteiger partial charge on any atom is -0.383 e. The number of rotatable bonds is 0. The summed E-state index contributed by atoms with van der Waals surface area (Å²) >= 11 is 0. The zero-order valence-electron chi connectivity index (χ0n) is 6.90. The van der Waals surface area contributed by atoms with Crippen molar-refractivity contribution in [1.29, 1.82) is 0 Å². The van der Waals surface area contributed by atoms with E-state index in [0.717, 1.165) is 0 Å². The van der Waals surface area contributed by atoms with Crippen LogP contribution in [0.25, 0.3) is 11.1 Å². The van der Waals surface area contributed by atoms with Crippen molar-refractivity contribution >= 4 is 5.82 Å². The molecule has 0 unspecified atom stereocenters. The predicted octanol–water partition coefficient (Wildman–Crippen LogP) is 1.13. The highest BCUT2D eigenvalue weighted by Gasteiger charge is 2.06. The average molecular weight is 172 g/mol. The number of hydrogen-bond donors (Lipinski definition) is 1. The van der Waals surface area contributed by atoms with Gasteiger partial charge in [0.1, 0.15) is 5.82 Å². The van der Waals surface area contributed by atoms with Crippen molar-refractivity contribution in [2.75, 3.05) is 5.73 Å². The van der Waals surface area contributed by atoms with Crippen LogP contribution in [-0.2, 0) is 0 Å². The van der Waals surface area contributed by atoms with Crippen LogP contribution in [0.4, 0.5) is 5.82 Å². The standard InChI is InChI=1S/C10H8N2O/c11-10-8-5-3-1-2-4-7(8)9(13)6-12-10/h1-6H,11H2. The summed E-state index contributed by atoms with van der Waals surface area (Å²) in [6.07, 6.45) is 1.25. The van der Waals surface area contributed by atoms with Crippen molar-refractivity contribution in [3.63, 3.8) is 0 Å². The number of nitrogens with two attached hydrogens (primary N) is 1. The van der Waals surface area contributed by atoms with Crippen LogP contribution in [0.5, 0.6) is 0 Å². The monoisotopic (exact) mass is 172 g/mol. The molecule has 0 amide bonds. The van der Waals surface area contributed by atoms with Crippen LogP contribution in [-0.4, -0.2) is 4.98 Å². The third-order valence-corrected chi connectivity index (χ3v) is 1.90. The van der Waals surface area contributed by atoms with Gasteiger partial charge in [0.2, 0.25) is 5.43 Å². The molecule has 1 heterocycles. The van der Waals surface area contributed by atoms with E-state index in [0.29, 0.717) is 16.9 Å². The summed E-state index contributed by atoms with van der Waals surface area (Å²) in [6, 6.07) is 9.02. The minimum atomic E-state index is -0.0969. The second-order valence-electron chi connectivity index (χ2n) is 2.75. The van der Waals surface area contributed by atoms with Crippen molar-refractivity contribution in [2.24, 2.45) is 0 Å². The van der Waals surface area contributed by atoms with E-state index in [4.69, 9.17) is 5.73 Å². The average Bonchev–Trinajstić information content (AvgIpc) is 2.37. The summed E-state index contributed by atoms with van der Waals surface area (Å²) in [5.74, 6) is 0.394. The highest BCUT2D eigenvalue weighted by Crippen LogP contribution is 2.20. The number of pyridine rings is 1. The molecule has 0 saturated heterocycles. The fourth-order valence-corrected chi connectivity index (χ4v) is 1.25. The van der Waals surface area contributed by atoms with E-state index in [1.54, 1.807) is 12.1 Å². The predicted molar refractivity (Wildman–Crippen MR) is 51.5 cm³/mol. The van der Waals surface area contributed by atoms with Gasteiger partial charge in [-0.2, -0.15) is 0 Å². The van der Waals surface area contributed by atoms with Crippen molar-refractivity contribution in [1.82, 2.24) is 4.98 Å². The van der Waals surface area contributed by atoms with Gasteiger partial charge in [0.15, 0.2) is 0 Å². The molecule has 0 saturated carbocycles. The van der Waals surface area contributed by atoms with Gasteiger partial charge in [-0.15, -0.1) is 0 Å². The van der Waals surface area contributed by atoms with E-state index in [-0.39, 0.29) is 5.43 Å². The van der Waals surface area contributed by atoms with Crippen LogP contribution in [0.2, 0.25) is 0 Å². The third kappa shape index (κ3) is 1.24. The van der Waals surface area contributed by atoms with Crippen LogP contribution < -0.4 is 11.2 Å². The highest BCUT2D eigenvalue weighted by atomic mass is 16.1. The molecule has 2 N–H and O–H groups in total. The SMILES string of the molecule is Nc1ncc(=O)c2cccccc1-2. The molecule has 0 aromatic carbocycles. The van der Waals surface area contributed by atoms with E-state index in [1.165, 1.54) is 6.20 Å². The molecule has 1 aliphatic heterocycles. The second kappa shape index (κ2) is 2.86. The van der Waals surface area contributed by atoms with Gasteiger partial charge in [0, 0.05) is 11.1 Å². The van der Waals surface area contributed by atoms with Gasteiger partial charge in [0.05, 0.1) is 6.20 Å². The van der Waals surface area contributed by atoms with Crippen LogP contribution >= 0.6 is 0 Å². The van der Waals surface area contributed by atoms with Crippen LogP contribution in [0.3, 0.4) is 0 Å². The maximum atomic E-state index is 11.4. The van der Waals surface area contributed by atoms with Gasteiger partial charge in [-0.3, -0.25) is 4.79 Å². The number of anilines is 1. The highest BCUT2D eigenvalue weighted by molar-refractivity contribution is 5.73. The smallest absolute Gasteiger partial charge is 0.204 e. The van der Waals surface area contributed by atoms with Crippen molar-refractivity contribution < 1.29 is 0 Å². The van der Waals surface area contributed by atoms with E-state index in [2.05, 4.69) is 4.98 Å². The maximum Gasteiger partial charge on any atom is 0.204 e. The zero-order valence-corrected chi connectivity index (χ0v) is 6.90. The van der Waals surface area contributed by atoms with Gasteiger partial charge >= 0.3 is 0 Å². The van der Waals surface area contributed by atoms with Gasteiger partial charge in [-0.05, 0) is 0 Å².